The molecule has 1 rings (SSSR count). The third-order valence-corrected chi connectivity index (χ3v) is 1.87. The Morgan fingerprint density at radius 3 is 2.54 bits per heavy atom. The van der Waals surface area contributed by atoms with Crippen LogP contribution in [0.1, 0.15) is 10.4 Å². The van der Waals surface area contributed by atoms with Crippen LogP contribution in [0.25, 0.3) is 0 Å². The first-order valence-corrected chi connectivity index (χ1v) is 3.97. The Kier molecular flexibility index (Phi) is 2.62. The van der Waals surface area contributed by atoms with Gasteiger partial charge in [0.2, 0.25) is 0 Å². The van der Waals surface area contributed by atoms with E-state index in [4.69, 9.17) is 0 Å². The topological polar surface area (TPSA) is 83.3 Å². The van der Waals surface area contributed by atoms with Crippen LogP contribution >= 0.6 is 15.9 Å². The van der Waals surface area contributed by atoms with Crippen molar-refractivity contribution in [1.29, 1.82) is 0 Å². The van der Waals surface area contributed by atoms with Gasteiger partial charge in [-0.1, -0.05) is 15.9 Å². The lowest BCUT2D eigenvalue weighted by Gasteiger charge is -2.02. The summed E-state index contributed by atoms with van der Waals surface area (Å²) in [4.78, 5) is 20.0. The number of nitro benzene ring substituents is 1. The molecule has 0 saturated heterocycles. The zero-order valence-corrected chi connectivity index (χ0v) is 7.78. The SMILES string of the molecule is O=C([O-])c1ccc(Br)cc1[N+](=O)[O-]. The normalized spacial score (nSPS) is 9.62. The Bertz CT molecular complexity index is 377. The molecule has 0 bridgehead atoms. The Morgan fingerprint density at radius 1 is 1.46 bits per heavy atom. The highest BCUT2D eigenvalue weighted by molar-refractivity contribution is 9.10. The van der Waals surface area contributed by atoms with Crippen LogP contribution in [0.15, 0.2) is 22.7 Å². The Hall–Kier alpha value is -1.43. The summed E-state index contributed by atoms with van der Waals surface area (Å²) in [6.45, 7) is 0. The third-order valence-electron chi connectivity index (χ3n) is 1.38. The van der Waals surface area contributed by atoms with Crippen molar-refractivity contribution in [3.8, 4) is 0 Å². The molecule has 13 heavy (non-hydrogen) atoms. The molecule has 5 nitrogen and oxygen atoms in total. The van der Waals surface area contributed by atoms with E-state index in [1.807, 2.05) is 0 Å². The van der Waals surface area contributed by atoms with Crippen molar-refractivity contribution in [2.75, 3.05) is 0 Å². The molecule has 0 heterocycles. The lowest BCUT2D eigenvalue weighted by atomic mass is 10.2. The number of rotatable bonds is 2. The fourth-order valence-electron chi connectivity index (χ4n) is 0.828. The molecule has 0 atom stereocenters. The molecule has 0 aliphatic carbocycles. The van der Waals surface area contributed by atoms with Crippen LogP contribution in [0, 0.1) is 10.1 Å². The first-order chi connectivity index (χ1) is 6.02. The lowest BCUT2D eigenvalue weighted by molar-refractivity contribution is -0.385. The minimum absolute atomic E-state index is 0.423. The maximum atomic E-state index is 10.4. The minimum atomic E-state index is -1.56. The van der Waals surface area contributed by atoms with E-state index in [2.05, 4.69) is 15.9 Å². The van der Waals surface area contributed by atoms with Gasteiger partial charge in [-0.15, -0.1) is 0 Å². The maximum Gasteiger partial charge on any atom is 0.279 e. The largest absolute Gasteiger partial charge is 0.545 e. The molecule has 0 saturated carbocycles. The summed E-state index contributed by atoms with van der Waals surface area (Å²) in [7, 11) is 0. The van der Waals surface area contributed by atoms with Crippen molar-refractivity contribution in [2.24, 2.45) is 0 Å². The van der Waals surface area contributed by atoms with Gasteiger partial charge in [0.1, 0.15) is 0 Å². The van der Waals surface area contributed by atoms with Crippen LogP contribution < -0.4 is 5.11 Å². The Morgan fingerprint density at radius 2 is 2.08 bits per heavy atom. The molecular formula is C7H3BrNO4-. The predicted octanol–water partition coefficient (Wildman–Crippen LogP) is 0.721. The molecule has 0 aliphatic heterocycles. The van der Waals surface area contributed by atoms with Gasteiger partial charge in [-0.25, -0.2) is 0 Å². The van der Waals surface area contributed by atoms with E-state index in [0.29, 0.717) is 4.47 Å². The summed E-state index contributed by atoms with van der Waals surface area (Å²) in [5.74, 6) is -1.56. The van der Waals surface area contributed by atoms with Gasteiger partial charge in [0, 0.05) is 10.5 Å². The van der Waals surface area contributed by atoms with Crippen molar-refractivity contribution in [3.63, 3.8) is 0 Å². The van der Waals surface area contributed by atoms with Crippen molar-refractivity contribution in [2.45, 2.75) is 0 Å². The van der Waals surface area contributed by atoms with Crippen LogP contribution in [0.2, 0.25) is 0 Å². The van der Waals surface area contributed by atoms with Gasteiger partial charge in [0.15, 0.2) is 0 Å². The summed E-state index contributed by atoms with van der Waals surface area (Å²) in [6, 6.07) is 3.64. The molecular weight excluding hydrogens is 242 g/mol. The number of carboxylic acids is 1. The molecule has 6 heteroatoms. The standard InChI is InChI=1S/C7H4BrNO4/c8-4-1-2-5(7(10)11)6(3-4)9(12)13/h1-3H,(H,10,11)/p-1. The smallest absolute Gasteiger partial charge is 0.279 e. The molecule has 0 aliphatic rings. The second-order valence-corrected chi connectivity index (χ2v) is 3.12. The van der Waals surface area contributed by atoms with Gasteiger partial charge in [-0.05, 0) is 12.1 Å². The number of hydrogen-bond acceptors (Lipinski definition) is 4. The molecule has 1 aromatic carbocycles. The minimum Gasteiger partial charge on any atom is -0.545 e. The Balaban J connectivity index is 3.35. The highest BCUT2D eigenvalue weighted by Gasteiger charge is 2.14. The summed E-state index contributed by atoms with van der Waals surface area (Å²) in [5.41, 5.74) is -0.900. The van der Waals surface area contributed by atoms with Crippen molar-refractivity contribution in [1.82, 2.24) is 0 Å². The van der Waals surface area contributed by atoms with Gasteiger partial charge >= 0.3 is 0 Å². The predicted molar refractivity (Wildman–Crippen MR) is 45.1 cm³/mol. The average molecular weight is 245 g/mol. The summed E-state index contributed by atoms with van der Waals surface area (Å²) in [5, 5.41) is 20.8. The lowest BCUT2D eigenvalue weighted by Crippen LogP contribution is -2.23. The maximum absolute atomic E-state index is 10.4. The molecule has 68 valence electrons. The van der Waals surface area contributed by atoms with E-state index in [1.54, 1.807) is 0 Å². The summed E-state index contributed by atoms with van der Waals surface area (Å²) < 4.78 is 0.448. The molecule has 0 unspecified atom stereocenters. The van der Waals surface area contributed by atoms with E-state index < -0.39 is 22.1 Å². The number of carbonyl (C=O) groups excluding carboxylic acids is 1. The number of carbonyl (C=O) groups is 1. The quantitative estimate of drug-likeness (QED) is 0.567. The first kappa shape index (κ1) is 9.66. The molecule has 0 fully saturated rings. The van der Waals surface area contributed by atoms with Gasteiger partial charge in [-0.3, -0.25) is 10.1 Å². The van der Waals surface area contributed by atoms with Gasteiger partial charge in [0.05, 0.1) is 16.5 Å². The van der Waals surface area contributed by atoms with Crippen molar-refractivity contribution in [3.05, 3.63) is 38.3 Å². The third kappa shape index (κ3) is 2.03. The van der Waals surface area contributed by atoms with Crippen LogP contribution in [0.4, 0.5) is 5.69 Å². The number of halogens is 1. The van der Waals surface area contributed by atoms with E-state index in [0.717, 1.165) is 12.1 Å². The average Bonchev–Trinajstić information content (AvgIpc) is 2.03. The monoisotopic (exact) mass is 244 g/mol. The van der Waals surface area contributed by atoms with E-state index in [-0.39, 0.29) is 0 Å². The molecule has 0 amide bonds. The van der Waals surface area contributed by atoms with Gasteiger partial charge < -0.3 is 9.90 Å². The number of aromatic carboxylic acids is 1. The number of carboxylic acid groups (broad SMARTS) is 1. The van der Waals surface area contributed by atoms with Gasteiger partial charge in [-0.2, -0.15) is 0 Å². The fraction of sp³-hybridized carbons (Fsp3) is 0. The second kappa shape index (κ2) is 3.53. The fourth-order valence-corrected chi connectivity index (χ4v) is 1.18. The number of hydrogen-bond donors (Lipinski definition) is 0. The zero-order valence-electron chi connectivity index (χ0n) is 6.19. The molecule has 0 N–H and O–H groups in total. The first-order valence-electron chi connectivity index (χ1n) is 3.17. The van der Waals surface area contributed by atoms with Crippen LogP contribution in [-0.4, -0.2) is 10.9 Å². The Labute approximate surface area is 81.3 Å². The zero-order chi connectivity index (χ0) is 10.0. The van der Waals surface area contributed by atoms with Crippen LogP contribution in [-0.2, 0) is 0 Å². The van der Waals surface area contributed by atoms with Crippen LogP contribution in [0.5, 0.6) is 0 Å². The number of benzene rings is 1. The van der Waals surface area contributed by atoms with E-state index in [1.165, 1.54) is 6.07 Å². The van der Waals surface area contributed by atoms with E-state index in [9.17, 15) is 20.0 Å². The molecule has 0 radical (unpaired) electrons. The summed E-state index contributed by atoms with van der Waals surface area (Å²) in [6.07, 6.45) is 0. The highest BCUT2D eigenvalue weighted by atomic mass is 79.9. The van der Waals surface area contributed by atoms with Crippen LogP contribution in [0.3, 0.4) is 0 Å². The van der Waals surface area contributed by atoms with Crippen molar-refractivity contribution >= 4 is 27.6 Å². The molecule has 0 aromatic heterocycles. The highest BCUT2D eigenvalue weighted by Crippen LogP contribution is 2.22. The number of nitro groups is 1. The number of nitrogens with zero attached hydrogens (tertiary/aromatic N) is 1. The van der Waals surface area contributed by atoms with Crippen molar-refractivity contribution < 1.29 is 14.8 Å². The second-order valence-electron chi connectivity index (χ2n) is 2.21. The molecule has 1 aromatic rings. The summed E-state index contributed by atoms with van der Waals surface area (Å²) >= 11 is 3.00. The van der Waals surface area contributed by atoms with E-state index >= 15 is 0 Å². The molecule has 0 spiro atoms. The van der Waals surface area contributed by atoms with Gasteiger partial charge in [0.25, 0.3) is 5.69 Å².